The Hall–Kier alpha value is -6.74. The molecule has 3 heterocycles. The minimum Gasteiger partial charge on any atom is -0.492 e. The summed E-state index contributed by atoms with van der Waals surface area (Å²) in [6.07, 6.45) is 11.4. The first-order valence-electron chi connectivity index (χ1n) is 24.8. The fourth-order valence-electron chi connectivity index (χ4n) is 7.05. The number of hydrogen-bond donors (Lipinski definition) is 7. The summed E-state index contributed by atoms with van der Waals surface area (Å²) in [7, 11) is 3.75. The van der Waals surface area contributed by atoms with E-state index in [0.29, 0.717) is 62.1 Å². The van der Waals surface area contributed by atoms with Gasteiger partial charge in [0.25, 0.3) is 0 Å². The van der Waals surface area contributed by atoms with Gasteiger partial charge < -0.3 is 70.9 Å². The quantitative estimate of drug-likeness (QED) is 0.0232. The average molecular weight is 1190 g/mol. The largest absolute Gasteiger partial charge is 0.492 e. The fraction of sp³-hybridized carbons (Fsp3) is 0.480. The molecule has 4 aromatic rings. The lowest BCUT2D eigenvalue weighted by atomic mass is 9.84. The molecule has 2 saturated carbocycles. The number of nitrogens with one attached hydrogen (secondary N) is 5. The van der Waals surface area contributed by atoms with Crippen LogP contribution in [0.5, 0.6) is 11.5 Å². The average Bonchev–Trinajstić information content (AvgIpc) is 3.36. The van der Waals surface area contributed by atoms with Gasteiger partial charge in [0.15, 0.2) is 0 Å². The van der Waals surface area contributed by atoms with Gasteiger partial charge in [-0.25, -0.2) is 24.4 Å². The molecule has 2 aliphatic carbocycles. The summed E-state index contributed by atoms with van der Waals surface area (Å²) in [4.78, 5) is 87.9. The van der Waals surface area contributed by atoms with Gasteiger partial charge in [-0.2, -0.15) is 9.97 Å². The number of hydrogen-bond acceptors (Lipinski definition) is 20. The van der Waals surface area contributed by atoms with E-state index in [-0.39, 0.29) is 56.6 Å². The number of nitrogens with zero attached hydrogens (tertiary/aromatic N) is 6. The van der Waals surface area contributed by atoms with E-state index < -0.39 is 30.4 Å². The maximum atomic E-state index is 12.2. The lowest BCUT2D eigenvalue weighted by Crippen LogP contribution is -2.37. The number of carbonyl (C=O) groups is 6. The third kappa shape index (κ3) is 21.8. The summed E-state index contributed by atoms with van der Waals surface area (Å²) >= 11 is 6.95. The second kappa shape index (κ2) is 32.6. The van der Waals surface area contributed by atoms with Gasteiger partial charge in [-0.15, -0.1) is 0 Å². The minimum atomic E-state index is -1.13. The Morgan fingerprint density at radius 2 is 1.16 bits per heavy atom. The molecule has 0 radical (unpaired) electrons. The molecule has 24 nitrogen and oxygen atoms in total. The third-order valence-corrected chi connectivity index (χ3v) is 12.7. The van der Waals surface area contributed by atoms with E-state index >= 15 is 0 Å². The third-order valence-electron chi connectivity index (χ3n) is 11.5. The van der Waals surface area contributed by atoms with Gasteiger partial charge in [0, 0.05) is 82.4 Å². The molecule has 0 atom stereocenters. The van der Waals surface area contributed by atoms with Crippen LogP contribution in [0.4, 0.5) is 34.9 Å². The van der Waals surface area contributed by atoms with Crippen molar-refractivity contribution in [1.29, 1.82) is 0 Å². The first-order chi connectivity index (χ1) is 36.7. The molecular formula is C50H66Br2N12O12. The summed E-state index contributed by atoms with van der Waals surface area (Å²) in [5, 5.41) is 24.0. The fourth-order valence-corrected chi connectivity index (χ4v) is 7.71. The van der Waals surface area contributed by atoms with Crippen LogP contribution in [0, 0.1) is 11.8 Å². The molecule has 0 spiro atoms. The molecule has 1 saturated heterocycles. The first-order valence-corrected chi connectivity index (χ1v) is 26.4. The number of halogens is 2. The van der Waals surface area contributed by atoms with Crippen LogP contribution >= 0.6 is 31.9 Å². The van der Waals surface area contributed by atoms with Gasteiger partial charge in [0.1, 0.15) is 62.8 Å². The van der Waals surface area contributed by atoms with Crippen molar-refractivity contribution in [2.75, 3.05) is 114 Å². The van der Waals surface area contributed by atoms with Gasteiger partial charge in [0.05, 0.1) is 15.5 Å². The van der Waals surface area contributed by atoms with Crippen molar-refractivity contribution in [1.82, 2.24) is 35.1 Å². The standard InChI is InChI=1S/C25H33BrN6O6.C21H29BrN6O2.C4H4O4/c1-32(24(36)17-4-2-5-17)12-3-10-28-23-20(26)14-29-25(31-23)30-18-6-8-19(9-7-18)38-13-11-27-21(33)15-37-16-22(34)35;1-28(20(29)15-4-2-5-15)12-3-11-24-19-18(22)14-25-21(27-19)26-16-6-8-17(9-7-16)30-13-10-23;5-3-1-7-2-4(6)8-3/h6-9,14,17H,2-5,10-13,15-16H2,1H3,(H,27,33)(H,34,35)(H2,28,29,30,31);6-9,14-15H,2-5,10-13,23H2,1H3,(H2,24,25,26,27);1-2H2. The number of ether oxygens (including phenoxy) is 5. The van der Waals surface area contributed by atoms with Crippen molar-refractivity contribution in [3.8, 4) is 11.5 Å². The molecule has 2 aromatic carbocycles. The number of carbonyl (C=O) groups excluding carboxylic acids is 5. The summed E-state index contributed by atoms with van der Waals surface area (Å²) in [5.74, 6) is 1.89. The number of carboxylic acid groups (broad SMARTS) is 1. The zero-order chi connectivity index (χ0) is 54.7. The Morgan fingerprint density at radius 1 is 0.697 bits per heavy atom. The van der Waals surface area contributed by atoms with Crippen LogP contribution in [0.25, 0.3) is 0 Å². The number of nitrogens with two attached hydrogens (primary N) is 1. The lowest BCUT2D eigenvalue weighted by Gasteiger charge is -2.29. The number of aliphatic carboxylic acids is 1. The van der Waals surface area contributed by atoms with Crippen LogP contribution in [0.2, 0.25) is 0 Å². The van der Waals surface area contributed by atoms with E-state index in [1.54, 1.807) is 24.5 Å². The Bertz CT molecular complexity index is 2490. The van der Waals surface area contributed by atoms with Gasteiger partial charge >= 0.3 is 17.9 Å². The van der Waals surface area contributed by atoms with Gasteiger partial charge in [-0.05, 0) is 119 Å². The Labute approximate surface area is 457 Å². The smallest absolute Gasteiger partial charge is 0.339 e. The van der Waals surface area contributed by atoms with E-state index in [2.05, 4.69) is 87.9 Å². The Morgan fingerprint density at radius 3 is 1.55 bits per heavy atom. The summed E-state index contributed by atoms with van der Waals surface area (Å²) in [6, 6.07) is 14.7. The second-order valence-corrected chi connectivity index (χ2v) is 19.2. The lowest BCUT2D eigenvalue weighted by molar-refractivity contribution is -0.174. The number of cyclic esters (lactones) is 2. The van der Waals surface area contributed by atoms with E-state index in [4.69, 9.17) is 25.1 Å². The Kier molecular flexibility index (Phi) is 25.8. The van der Waals surface area contributed by atoms with Crippen molar-refractivity contribution in [2.24, 2.45) is 17.6 Å². The van der Waals surface area contributed by atoms with Crippen molar-refractivity contribution in [2.45, 2.75) is 51.4 Å². The number of carboxylic acids is 1. The molecule has 0 bridgehead atoms. The molecule has 2 aromatic heterocycles. The molecule has 8 N–H and O–H groups in total. The molecular weight excluding hydrogens is 1120 g/mol. The van der Waals surface area contributed by atoms with Crippen molar-refractivity contribution in [3.63, 3.8) is 0 Å². The van der Waals surface area contributed by atoms with Gasteiger partial charge in [-0.3, -0.25) is 14.4 Å². The van der Waals surface area contributed by atoms with Gasteiger partial charge in [-0.1, -0.05) is 12.8 Å². The molecule has 3 amide bonds. The molecule has 7 rings (SSSR count). The number of aromatic nitrogens is 4. The van der Waals surface area contributed by atoms with Crippen LogP contribution < -0.4 is 41.8 Å². The normalized spacial score (nSPS) is 13.9. The molecule has 412 valence electrons. The summed E-state index contributed by atoms with van der Waals surface area (Å²) < 4.78 is 25.9. The molecule has 3 aliphatic rings. The zero-order valence-electron chi connectivity index (χ0n) is 42.5. The molecule has 76 heavy (non-hydrogen) atoms. The number of benzene rings is 2. The van der Waals surface area contributed by atoms with Crippen molar-refractivity contribution >= 4 is 102 Å². The van der Waals surface area contributed by atoms with E-state index in [0.717, 1.165) is 77.6 Å². The van der Waals surface area contributed by atoms with E-state index in [1.165, 1.54) is 6.42 Å². The monoisotopic (exact) mass is 1180 g/mol. The number of anilines is 6. The minimum absolute atomic E-state index is 0.105. The number of rotatable bonds is 27. The zero-order valence-corrected chi connectivity index (χ0v) is 45.7. The van der Waals surface area contributed by atoms with E-state index in [1.807, 2.05) is 60.3 Å². The number of esters is 2. The van der Waals surface area contributed by atoms with Gasteiger partial charge in [0.2, 0.25) is 29.6 Å². The molecule has 1 aliphatic heterocycles. The van der Waals surface area contributed by atoms with Crippen LogP contribution in [0.1, 0.15) is 51.4 Å². The Balaban J connectivity index is 0.000000249. The van der Waals surface area contributed by atoms with E-state index in [9.17, 15) is 28.8 Å². The maximum absolute atomic E-state index is 12.2. The van der Waals surface area contributed by atoms with Crippen LogP contribution in [0.15, 0.2) is 69.9 Å². The molecule has 26 heteroatoms. The van der Waals surface area contributed by atoms with Crippen molar-refractivity contribution < 1.29 is 57.6 Å². The first kappa shape index (κ1) is 60.1. The van der Waals surface area contributed by atoms with Crippen molar-refractivity contribution in [3.05, 3.63) is 69.9 Å². The summed E-state index contributed by atoms with van der Waals surface area (Å²) in [6.45, 7) is 3.22. The second-order valence-electron chi connectivity index (χ2n) is 17.5. The SMILES string of the molecule is CN(CCCNc1nc(Nc2ccc(OCCN)cc2)ncc1Br)C(=O)C1CCC1.CN(CCCNc1nc(Nc2ccc(OCCNC(=O)COCC(=O)O)cc2)ncc1Br)C(=O)C1CCC1.O=C1COCC(=O)O1. The van der Waals surface area contributed by atoms with Crippen LogP contribution in [0.3, 0.4) is 0 Å². The highest BCUT2D eigenvalue weighted by atomic mass is 79.9. The van der Waals surface area contributed by atoms with Crippen LogP contribution in [-0.2, 0) is 43.0 Å². The predicted octanol–water partition coefficient (Wildman–Crippen LogP) is 5.11. The summed E-state index contributed by atoms with van der Waals surface area (Å²) in [5.41, 5.74) is 7.08. The maximum Gasteiger partial charge on any atom is 0.339 e. The highest BCUT2D eigenvalue weighted by Crippen LogP contribution is 2.29. The molecule has 3 fully saturated rings. The topological polar surface area (TPSA) is 313 Å². The number of amides is 3. The van der Waals surface area contributed by atoms with Crippen LogP contribution in [-0.4, -0.2) is 163 Å². The predicted molar refractivity (Wildman–Crippen MR) is 289 cm³/mol. The highest BCUT2D eigenvalue weighted by molar-refractivity contribution is 9.11. The highest BCUT2D eigenvalue weighted by Gasteiger charge is 2.28. The molecule has 0 unspecified atom stereocenters.